The number of methoxy groups -OCH3 is 1. The Kier molecular flexibility index (Phi) is 4.86. The van der Waals surface area contributed by atoms with Gasteiger partial charge in [0.25, 0.3) is 0 Å². The number of para-hydroxylation sites is 1. The van der Waals surface area contributed by atoms with E-state index in [1.165, 1.54) is 0 Å². The van der Waals surface area contributed by atoms with Crippen LogP contribution in [0.1, 0.15) is 18.9 Å². The molecule has 0 radical (unpaired) electrons. The molecule has 0 aliphatic carbocycles. The summed E-state index contributed by atoms with van der Waals surface area (Å²) in [5.41, 5.74) is 0.958. The molecule has 1 aliphatic heterocycles. The Morgan fingerprint density at radius 1 is 1.47 bits per heavy atom. The Hall–Kier alpha value is -1.03. The lowest BCUT2D eigenvalue weighted by Crippen LogP contribution is -2.44. The number of hydrogen-bond acceptors (Lipinski definition) is 2. The average Bonchev–Trinajstić information content (AvgIpc) is 2.42. The van der Waals surface area contributed by atoms with Crippen molar-refractivity contribution in [2.75, 3.05) is 20.2 Å². The highest BCUT2D eigenvalue weighted by molar-refractivity contribution is 9.09. The van der Waals surface area contributed by atoms with Crippen LogP contribution in [0.4, 0.5) is 0 Å². The zero-order valence-corrected chi connectivity index (χ0v) is 13.0. The third-order valence-corrected chi connectivity index (χ3v) is 4.95. The Balaban J connectivity index is 2.01. The van der Waals surface area contributed by atoms with Crippen molar-refractivity contribution in [2.24, 2.45) is 5.92 Å². The minimum atomic E-state index is 0.181. The van der Waals surface area contributed by atoms with Crippen LogP contribution in [-0.2, 0) is 11.2 Å². The Labute approximate surface area is 123 Å². The zero-order chi connectivity index (χ0) is 13.8. The standard InChI is InChI=1S/C15H20BrNO2/c1-11-7-8-17(10-13(11)16)15(18)9-12-5-3-4-6-14(12)19-2/h3-6,11,13H,7-10H2,1-2H3. The van der Waals surface area contributed by atoms with Gasteiger partial charge in [-0.15, -0.1) is 0 Å². The first kappa shape index (κ1) is 14.4. The third kappa shape index (κ3) is 3.50. The first-order chi connectivity index (χ1) is 9.11. The van der Waals surface area contributed by atoms with E-state index in [2.05, 4.69) is 22.9 Å². The van der Waals surface area contributed by atoms with Crippen LogP contribution >= 0.6 is 15.9 Å². The van der Waals surface area contributed by atoms with Gasteiger partial charge >= 0.3 is 0 Å². The predicted molar refractivity (Wildman–Crippen MR) is 79.8 cm³/mol. The van der Waals surface area contributed by atoms with E-state index < -0.39 is 0 Å². The maximum atomic E-state index is 12.3. The lowest BCUT2D eigenvalue weighted by molar-refractivity contribution is -0.131. The fourth-order valence-electron chi connectivity index (χ4n) is 2.37. The molecule has 19 heavy (non-hydrogen) atoms. The number of ether oxygens (including phenoxy) is 1. The normalized spacial score (nSPS) is 23.2. The largest absolute Gasteiger partial charge is 0.496 e. The van der Waals surface area contributed by atoms with Crippen LogP contribution in [0.5, 0.6) is 5.75 Å². The van der Waals surface area contributed by atoms with Gasteiger partial charge in [-0.2, -0.15) is 0 Å². The minimum Gasteiger partial charge on any atom is -0.496 e. The number of benzene rings is 1. The molecule has 1 aliphatic rings. The highest BCUT2D eigenvalue weighted by Gasteiger charge is 2.27. The van der Waals surface area contributed by atoms with Crippen molar-refractivity contribution in [3.63, 3.8) is 0 Å². The van der Waals surface area contributed by atoms with Crippen LogP contribution in [0, 0.1) is 5.92 Å². The van der Waals surface area contributed by atoms with E-state index in [9.17, 15) is 4.79 Å². The summed E-state index contributed by atoms with van der Waals surface area (Å²) in [6.45, 7) is 3.88. The van der Waals surface area contributed by atoms with E-state index in [-0.39, 0.29) is 5.91 Å². The van der Waals surface area contributed by atoms with E-state index in [1.54, 1.807) is 7.11 Å². The van der Waals surface area contributed by atoms with Gasteiger partial charge in [0.1, 0.15) is 5.75 Å². The average molecular weight is 326 g/mol. The summed E-state index contributed by atoms with van der Waals surface area (Å²) in [5, 5.41) is 0. The minimum absolute atomic E-state index is 0.181. The zero-order valence-electron chi connectivity index (χ0n) is 11.4. The summed E-state index contributed by atoms with van der Waals surface area (Å²) < 4.78 is 5.29. The number of carbonyl (C=O) groups is 1. The molecule has 1 aromatic rings. The molecular formula is C15H20BrNO2. The van der Waals surface area contributed by atoms with Gasteiger partial charge < -0.3 is 9.64 Å². The van der Waals surface area contributed by atoms with Gasteiger partial charge in [-0.05, 0) is 18.4 Å². The van der Waals surface area contributed by atoms with Crippen LogP contribution in [0.25, 0.3) is 0 Å². The molecular weight excluding hydrogens is 306 g/mol. The number of halogens is 1. The molecule has 2 unspecified atom stereocenters. The van der Waals surface area contributed by atoms with Gasteiger partial charge in [-0.1, -0.05) is 41.1 Å². The Bertz CT molecular complexity index is 450. The number of alkyl halides is 1. The van der Waals surface area contributed by atoms with Crippen molar-refractivity contribution in [3.05, 3.63) is 29.8 Å². The van der Waals surface area contributed by atoms with Gasteiger partial charge in [0.2, 0.25) is 5.91 Å². The summed E-state index contributed by atoms with van der Waals surface area (Å²) in [6.07, 6.45) is 1.48. The maximum Gasteiger partial charge on any atom is 0.227 e. The molecule has 1 amide bonds. The molecule has 1 heterocycles. The molecule has 0 aromatic heterocycles. The monoisotopic (exact) mass is 325 g/mol. The molecule has 1 saturated heterocycles. The Morgan fingerprint density at radius 2 is 2.21 bits per heavy atom. The number of hydrogen-bond donors (Lipinski definition) is 0. The van der Waals surface area contributed by atoms with E-state index >= 15 is 0 Å². The van der Waals surface area contributed by atoms with Crippen molar-refractivity contribution >= 4 is 21.8 Å². The number of piperidine rings is 1. The molecule has 0 saturated carbocycles. The summed E-state index contributed by atoms with van der Waals surface area (Å²) in [7, 11) is 1.64. The second-order valence-corrected chi connectivity index (χ2v) is 6.29. The number of likely N-dealkylation sites (tertiary alicyclic amines) is 1. The van der Waals surface area contributed by atoms with Gasteiger partial charge in [-0.25, -0.2) is 0 Å². The predicted octanol–water partition coefficient (Wildman–Crippen LogP) is 2.87. The van der Waals surface area contributed by atoms with Crippen molar-refractivity contribution in [1.29, 1.82) is 0 Å². The van der Waals surface area contributed by atoms with Crippen LogP contribution in [0.3, 0.4) is 0 Å². The smallest absolute Gasteiger partial charge is 0.227 e. The molecule has 2 rings (SSSR count). The molecule has 1 aromatic carbocycles. The summed E-state index contributed by atoms with van der Waals surface area (Å²) in [6, 6.07) is 7.71. The van der Waals surface area contributed by atoms with E-state index in [0.29, 0.717) is 17.2 Å². The first-order valence-corrected chi connectivity index (χ1v) is 7.57. The quantitative estimate of drug-likeness (QED) is 0.800. The lowest BCUT2D eigenvalue weighted by atomic mass is 9.98. The number of nitrogens with zero attached hydrogens (tertiary/aromatic N) is 1. The van der Waals surface area contributed by atoms with Crippen LogP contribution in [0.15, 0.2) is 24.3 Å². The fourth-order valence-corrected chi connectivity index (χ4v) is 2.99. The number of rotatable bonds is 3. The second kappa shape index (κ2) is 6.42. The molecule has 104 valence electrons. The highest BCUT2D eigenvalue weighted by Crippen LogP contribution is 2.25. The molecule has 2 atom stereocenters. The van der Waals surface area contributed by atoms with E-state index in [1.807, 2.05) is 29.2 Å². The van der Waals surface area contributed by atoms with Gasteiger partial charge in [0.05, 0.1) is 13.5 Å². The fraction of sp³-hybridized carbons (Fsp3) is 0.533. The van der Waals surface area contributed by atoms with Gasteiger partial charge in [0, 0.05) is 23.5 Å². The first-order valence-electron chi connectivity index (χ1n) is 6.65. The van der Waals surface area contributed by atoms with E-state index in [4.69, 9.17) is 4.74 Å². The van der Waals surface area contributed by atoms with Crippen LogP contribution in [-0.4, -0.2) is 35.8 Å². The van der Waals surface area contributed by atoms with Crippen molar-refractivity contribution < 1.29 is 9.53 Å². The lowest BCUT2D eigenvalue weighted by Gasteiger charge is -2.34. The second-order valence-electron chi connectivity index (χ2n) is 5.11. The van der Waals surface area contributed by atoms with Gasteiger partial charge in [0.15, 0.2) is 0 Å². The molecule has 4 heteroatoms. The van der Waals surface area contributed by atoms with E-state index in [0.717, 1.165) is 30.8 Å². The van der Waals surface area contributed by atoms with Crippen molar-refractivity contribution in [3.8, 4) is 5.75 Å². The topological polar surface area (TPSA) is 29.5 Å². The molecule has 1 fully saturated rings. The Morgan fingerprint density at radius 3 is 2.89 bits per heavy atom. The molecule has 0 N–H and O–H groups in total. The summed E-state index contributed by atoms with van der Waals surface area (Å²) in [4.78, 5) is 14.7. The number of carbonyl (C=O) groups excluding carboxylic acids is 1. The molecule has 0 spiro atoms. The SMILES string of the molecule is COc1ccccc1CC(=O)N1CCC(C)C(Br)C1. The summed E-state index contributed by atoms with van der Waals surface area (Å²) in [5.74, 6) is 1.60. The summed E-state index contributed by atoms with van der Waals surface area (Å²) >= 11 is 3.66. The number of amides is 1. The maximum absolute atomic E-state index is 12.3. The van der Waals surface area contributed by atoms with Crippen LogP contribution in [0.2, 0.25) is 0 Å². The van der Waals surface area contributed by atoms with Crippen molar-refractivity contribution in [2.45, 2.75) is 24.6 Å². The molecule has 0 bridgehead atoms. The van der Waals surface area contributed by atoms with Gasteiger partial charge in [-0.3, -0.25) is 4.79 Å². The highest BCUT2D eigenvalue weighted by atomic mass is 79.9. The van der Waals surface area contributed by atoms with Crippen molar-refractivity contribution in [1.82, 2.24) is 4.90 Å². The van der Waals surface area contributed by atoms with Crippen LogP contribution < -0.4 is 4.74 Å². The third-order valence-electron chi connectivity index (χ3n) is 3.75. The molecule has 3 nitrogen and oxygen atoms in total.